The van der Waals surface area contributed by atoms with Gasteiger partial charge in [-0.15, -0.1) is 0 Å². The second-order valence-corrected chi connectivity index (χ2v) is 4.81. The van der Waals surface area contributed by atoms with E-state index >= 15 is 0 Å². The molecule has 0 aliphatic heterocycles. The van der Waals surface area contributed by atoms with E-state index in [9.17, 15) is 4.79 Å². The van der Waals surface area contributed by atoms with Gasteiger partial charge in [0, 0.05) is 6.42 Å². The minimum atomic E-state index is 0.00384. The molecule has 0 fully saturated rings. The number of carbonyl (C=O) groups is 1. The number of aldehydes is 1. The molecule has 1 aliphatic rings. The molecule has 0 saturated carbocycles. The largest absolute Gasteiger partial charge is 0.497 e. The minimum absolute atomic E-state index is 0.00384. The van der Waals surface area contributed by atoms with Crippen LogP contribution in [-0.2, 0) is 16.6 Å². The Hall–Kier alpha value is -1.31. The molecule has 2 rings (SSSR count). The van der Waals surface area contributed by atoms with Crippen molar-refractivity contribution < 1.29 is 9.53 Å². The van der Waals surface area contributed by atoms with Crippen molar-refractivity contribution >= 4 is 6.29 Å². The van der Waals surface area contributed by atoms with Gasteiger partial charge >= 0.3 is 0 Å². The van der Waals surface area contributed by atoms with Crippen LogP contribution < -0.4 is 4.74 Å². The van der Waals surface area contributed by atoms with Crippen LogP contribution in [0.2, 0.25) is 0 Å². The van der Waals surface area contributed by atoms with Gasteiger partial charge in [-0.05, 0) is 47.9 Å². The molecule has 0 amide bonds. The highest BCUT2D eigenvalue weighted by atomic mass is 16.5. The summed E-state index contributed by atoms with van der Waals surface area (Å²) in [6.45, 7) is 2.18. The molecule has 0 saturated heterocycles. The lowest BCUT2D eigenvalue weighted by Gasteiger charge is -2.34. The van der Waals surface area contributed by atoms with Gasteiger partial charge in [0.1, 0.15) is 12.0 Å². The summed E-state index contributed by atoms with van der Waals surface area (Å²) in [7, 11) is 1.68. The van der Waals surface area contributed by atoms with Crippen LogP contribution in [-0.4, -0.2) is 13.4 Å². The van der Waals surface area contributed by atoms with Gasteiger partial charge in [-0.2, -0.15) is 0 Å². The fraction of sp³-hybridized carbons (Fsp3) is 0.500. The van der Waals surface area contributed by atoms with E-state index < -0.39 is 0 Å². The van der Waals surface area contributed by atoms with E-state index in [-0.39, 0.29) is 5.41 Å². The molecular formula is C14H18O2. The summed E-state index contributed by atoms with van der Waals surface area (Å²) < 4.78 is 5.26. The van der Waals surface area contributed by atoms with E-state index in [0.717, 1.165) is 24.9 Å². The number of fused-ring (bicyclic) bond motifs is 1. The summed E-state index contributed by atoms with van der Waals surface area (Å²) >= 11 is 0. The summed E-state index contributed by atoms with van der Waals surface area (Å²) in [5.74, 6) is 0.887. The Morgan fingerprint density at radius 2 is 2.31 bits per heavy atom. The molecule has 1 aromatic rings. The maximum absolute atomic E-state index is 10.8. The van der Waals surface area contributed by atoms with Crippen LogP contribution >= 0.6 is 0 Å². The van der Waals surface area contributed by atoms with Crippen LogP contribution in [0, 0.1) is 0 Å². The third-order valence-electron chi connectivity index (χ3n) is 3.68. The minimum Gasteiger partial charge on any atom is -0.497 e. The molecule has 1 aliphatic carbocycles. The first kappa shape index (κ1) is 11.2. The van der Waals surface area contributed by atoms with E-state index in [1.165, 1.54) is 17.5 Å². The van der Waals surface area contributed by atoms with Crippen molar-refractivity contribution in [2.45, 2.75) is 38.0 Å². The molecule has 0 N–H and O–H groups in total. The highest BCUT2D eigenvalue weighted by Crippen LogP contribution is 2.40. The normalized spacial score (nSPS) is 23.6. The molecule has 0 spiro atoms. The van der Waals surface area contributed by atoms with E-state index in [1.807, 2.05) is 6.07 Å². The molecule has 0 aromatic heterocycles. The zero-order valence-corrected chi connectivity index (χ0v) is 9.95. The Kier molecular flexibility index (Phi) is 2.99. The van der Waals surface area contributed by atoms with Crippen molar-refractivity contribution in [3.8, 4) is 5.75 Å². The Morgan fingerprint density at radius 1 is 1.50 bits per heavy atom. The van der Waals surface area contributed by atoms with Gasteiger partial charge in [0.2, 0.25) is 0 Å². The van der Waals surface area contributed by atoms with Gasteiger partial charge < -0.3 is 9.53 Å². The van der Waals surface area contributed by atoms with Crippen LogP contribution in [0.1, 0.15) is 37.3 Å². The van der Waals surface area contributed by atoms with Gasteiger partial charge in [0.25, 0.3) is 0 Å². The number of benzene rings is 1. The molecule has 2 heteroatoms. The number of rotatable bonds is 3. The van der Waals surface area contributed by atoms with Crippen molar-refractivity contribution in [2.75, 3.05) is 7.11 Å². The van der Waals surface area contributed by atoms with Crippen molar-refractivity contribution in [1.29, 1.82) is 0 Å². The number of aryl methyl sites for hydroxylation is 1. The van der Waals surface area contributed by atoms with Gasteiger partial charge in [-0.25, -0.2) is 0 Å². The fourth-order valence-corrected chi connectivity index (χ4v) is 2.66. The van der Waals surface area contributed by atoms with E-state index in [0.29, 0.717) is 6.42 Å². The highest BCUT2D eigenvalue weighted by Gasteiger charge is 2.31. The van der Waals surface area contributed by atoms with E-state index in [1.54, 1.807) is 7.11 Å². The Morgan fingerprint density at radius 3 is 3.00 bits per heavy atom. The van der Waals surface area contributed by atoms with Crippen LogP contribution in [0.4, 0.5) is 0 Å². The lowest BCUT2D eigenvalue weighted by molar-refractivity contribution is -0.108. The van der Waals surface area contributed by atoms with Gasteiger partial charge in [-0.3, -0.25) is 0 Å². The van der Waals surface area contributed by atoms with Crippen LogP contribution in [0.25, 0.3) is 0 Å². The van der Waals surface area contributed by atoms with Gasteiger partial charge in [0.05, 0.1) is 7.11 Å². The number of hydrogen-bond acceptors (Lipinski definition) is 2. The van der Waals surface area contributed by atoms with Gasteiger partial charge in [0.15, 0.2) is 0 Å². The smallest absolute Gasteiger partial charge is 0.120 e. The Balaban J connectivity index is 2.46. The standard InChI is InChI=1S/C14H18O2/c1-14(8-9-15)7-3-4-11-5-6-12(16-2)10-13(11)14/h5-6,9-10H,3-4,7-8H2,1-2H3. The average Bonchev–Trinajstić information content (AvgIpc) is 2.29. The summed E-state index contributed by atoms with van der Waals surface area (Å²) in [4.78, 5) is 10.8. The molecule has 1 unspecified atom stereocenters. The first-order chi connectivity index (χ1) is 7.69. The molecule has 1 atom stereocenters. The lowest BCUT2D eigenvalue weighted by atomic mass is 9.69. The SMILES string of the molecule is COc1ccc2c(c1)C(C)(CC=O)CCC2. The zero-order chi connectivity index (χ0) is 11.6. The average molecular weight is 218 g/mol. The molecule has 2 nitrogen and oxygen atoms in total. The molecule has 0 bridgehead atoms. The predicted octanol–water partition coefficient (Wildman–Crippen LogP) is 2.88. The second-order valence-electron chi connectivity index (χ2n) is 4.81. The van der Waals surface area contributed by atoms with Crippen molar-refractivity contribution in [1.82, 2.24) is 0 Å². The Bertz CT molecular complexity index is 398. The van der Waals surface area contributed by atoms with Crippen molar-refractivity contribution in [3.63, 3.8) is 0 Å². The summed E-state index contributed by atoms with van der Waals surface area (Å²) in [6.07, 6.45) is 5.02. The van der Waals surface area contributed by atoms with Gasteiger partial charge in [-0.1, -0.05) is 13.0 Å². The summed E-state index contributed by atoms with van der Waals surface area (Å²) in [5.41, 5.74) is 2.67. The topological polar surface area (TPSA) is 26.3 Å². The zero-order valence-electron chi connectivity index (χ0n) is 9.95. The van der Waals surface area contributed by atoms with Crippen molar-refractivity contribution in [3.05, 3.63) is 29.3 Å². The fourth-order valence-electron chi connectivity index (χ4n) is 2.66. The maximum Gasteiger partial charge on any atom is 0.120 e. The summed E-state index contributed by atoms with van der Waals surface area (Å²) in [6, 6.07) is 6.24. The molecule has 0 heterocycles. The first-order valence-corrected chi connectivity index (χ1v) is 5.81. The number of methoxy groups -OCH3 is 1. The molecule has 16 heavy (non-hydrogen) atoms. The molecule has 0 radical (unpaired) electrons. The molecule has 1 aromatic carbocycles. The van der Waals surface area contributed by atoms with E-state index in [4.69, 9.17) is 4.74 Å². The predicted molar refractivity (Wildman–Crippen MR) is 64.0 cm³/mol. The first-order valence-electron chi connectivity index (χ1n) is 5.81. The summed E-state index contributed by atoms with van der Waals surface area (Å²) in [5, 5.41) is 0. The molecule has 86 valence electrons. The van der Waals surface area contributed by atoms with Crippen LogP contribution in [0.15, 0.2) is 18.2 Å². The van der Waals surface area contributed by atoms with Crippen molar-refractivity contribution in [2.24, 2.45) is 0 Å². The Labute approximate surface area is 96.6 Å². The number of carbonyl (C=O) groups excluding carboxylic acids is 1. The lowest BCUT2D eigenvalue weighted by Crippen LogP contribution is -2.28. The number of hydrogen-bond donors (Lipinski definition) is 0. The second kappa shape index (κ2) is 4.28. The quantitative estimate of drug-likeness (QED) is 0.729. The van der Waals surface area contributed by atoms with Crippen LogP contribution in [0.5, 0.6) is 5.75 Å². The maximum atomic E-state index is 10.8. The van der Waals surface area contributed by atoms with Crippen LogP contribution in [0.3, 0.4) is 0 Å². The number of ether oxygens (including phenoxy) is 1. The van der Waals surface area contributed by atoms with E-state index in [2.05, 4.69) is 19.1 Å². The third kappa shape index (κ3) is 1.84. The highest BCUT2D eigenvalue weighted by molar-refractivity contribution is 5.55. The molecular weight excluding hydrogens is 200 g/mol. The third-order valence-corrected chi connectivity index (χ3v) is 3.68. The monoisotopic (exact) mass is 218 g/mol.